The highest BCUT2D eigenvalue weighted by molar-refractivity contribution is 7.89. The van der Waals surface area contributed by atoms with Gasteiger partial charge in [0.15, 0.2) is 0 Å². The molecule has 1 aromatic heterocycles. The van der Waals surface area contributed by atoms with Gasteiger partial charge in [0, 0.05) is 37.7 Å². The largest absolute Gasteiger partial charge is 0.353 e. The number of carbonyl (C=O) groups excluding carboxylic acids is 1. The van der Waals surface area contributed by atoms with E-state index in [0.29, 0.717) is 18.8 Å². The number of aryl methyl sites for hydroxylation is 1. The van der Waals surface area contributed by atoms with Crippen molar-refractivity contribution in [1.29, 1.82) is 0 Å². The van der Waals surface area contributed by atoms with E-state index in [0.717, 1.165) is 32.2 Å². The van der Waals surface area contributed by atoms with Crippen LogP contribution in [0.2, 0.25) is 0 Å². The van der Waals surface area contributed by atoms with Crippen molar-refractivity contribution in [2.45, 2.75) is 49.6 Å². The molecule has 4 rings (SSSR count). The molecular weight excluding hydrogens is 400 g/mol. The summed E-state index contributed by atoms with van der Waals surface area (Å²) in [5, 5.41) is 2.95. The first-order valence-electron chi connectivity index (χ1n) is 10.7. The summed E-state index contributed by atoms with van der Waals surface area (Å²) in [6.45, 7) is 3.98. The van der Waals surface area contributed by atoms with Crippen molar-refractivity contribution in [2.24, 2.45) is 7.05 Å². The molecule has 0 aliphatic carbocycles. The Morgan fingerprint density at radius 3 is 2.40 bits per heavy atom. The molecule has 1 N–H and O–H groups in total. The first-order valence-corrected chi connectivity index (χ1v) is 12.1. The highest BCUT2D eigenvalue weighted by atomic mass is 32.2. The molecule has 0 bridgehead atoms. The number of carbonyl (C=O) groups is 1. The summed E-state index contributed by atoms with van der Waals surface area (Å²) in [6, 6.07) is 10.6. The summed E-state index contributed by atoms with van der Waals surface area (Å²) in [6.07, 6.45) is 5.96. The van der Waals surface area contributed by atoms with Crippen LogP contribution in [0.15, 0.2) is 47.5 Å². The van der Waals surface area contributed by atoms with Crippen molar-refractivity contribution in [3.05, 3.63) is 48.3 Å². The zero-order chi connectivity index (χ0) is 21.3. The number of hydrogen-bond donors (Lipinski definition) is 1. The summed E-state index contributed by atoms with van der Waals surface area (Å²) in [7, 11) is -1.40. The van der Waals surface area contributed by atoms with E-state index in [1.54, 1.807) is 24.3 Å². The van der Waals surface area contributed by atoms with Gasteiger partial charge in [-0.05, 0) is 75.5 Å². The van der Waals surface area contributed by atoms with E-state index in [4.69, 9.17) is 0 Å². The number of anilines is 1. The molecule has 0 saturated carbocycles. The summed E-state index contributed by atoms with van der Waals surface area (Å²) in [5.41, 5.74) is 1.84. The fourth-order valence-corrected chi connectivity index (χ4v) is 6.09. The second-order valence-corrected chi connectivity index (χ2v) is 10.2. The predicted octanol–water partition coefficient (Wildman–Crippen LogP) is 2.97. The van der Waals surface area contributed by atoms with Gasteiger partial charge < -0.3 is 9.88 Å². The van der Waals surface area contributed by atoms with Crippen molar-refractivity contribution in [3.63, 3.8) is 0 Å². The quantitative estimate of drug-likeness (QED) is 0.765. The molecule has 2 saturated heterocycles. The highest BCUT2D eigenvalue weighted by Crippen LogP contribution is 2.34. The van der Waals surface area contributed by atoms with Crippen LogP contribution in [0.1, 0.15) is 44.3 Å². The Labute approximate surface area is 178 Å². The minimum absolute atomic E-state index is 0.0775. The van der Waals surface area contributed by atoms with Gasteiger partial charge in [-0.15, -0.1) is 0 Å². The van der Waals surface area contributed by atoms with Crippen molar-refractivity contribution >= 4 is 21.6 Å². The van der Waals surface area contributed by atoms with E-state index in [1.807, 2.05) is 26.2 Å². The van der Waals surface area contributed by atoms with Gasteiger partial charge in [-0.25, -0.2) is 8.42 Å². The lowest BCUT2D eigenvalue weighted by atomic mass is 10.1. The lowest BCUT2D eigenvalue weighted by molar-refractivity contribution is -0.121. The fraction of sp³-hybridized carbons (Fsp3) is 0.500. The molecule has 1 amide bonds. The Kier molecular flexibility index (Phi) is 5.99. The number of likely N-dealkylation sites (tertiary alicyclic amines) is 1. The molecule has 2 aliphatic heterocycles. The molecule has 30 heavy (non-hydrogen) atoms. The van der Waals surface area contributed by atoms with Gasteiger partial charge in [-0.2, -0.15) is 4.31 Å². The molecule has 2 unspecified atom stereocenters. The zero-order valence-electron chi connectivity index (χ0n) is 17.6. The van der Waals surface area contributed by atoms with Gasteiger partial charge in [0.05, 0.1) is 17.0 Å². The molecule has 1 aromatic carbocycles. The zero-order valence-corrected chi connectivity index (χ0v) is 18.4. The third-order valence-corrected chi connectivity index (χ3v) is 8.23. The topological polar surface area (TPSA) is 74.7 Å². The van der Waals surface area contributed by atoms with Gasteiger partial charge in [-0.3, -0.25) is 9.69 Å². The van der Waals surface area contributed by atoms with Crippen LogP contribution >= 0.6 is 0 Å². The van der Waals surface area contributed by atoms with E-state index in [2.05, 4.69) is 20.9 Å². The highest BCUT2D eigenvalue weighted by Gasteiger charge is 2.34. The number of benzene rings is 1. The number of amides is 1. The molecule has 2 aliphatic rings. The van der Waals surface area contributed by atoms with E-state index >= 15 is 0 Å². The molecule has 2 atom stereocenters. The number of aromatic nitrogens is 1. The lowest BCUT2D eigenvalue weighted by Gasteiger charge is -2.30. The van der Waals surface area contributed by atoms with E-state index in [1.165, 1.54) is 10.00 Å². The Morgan fingerprint density at radius 2 is 1.77 bits per heavy atom. The van der Waals surface area contributed by atoms with Crippen LogP contribution in [0.3, 0.4) is 0 Å². The van der Waals surface area contributed by atoms with Crippen molar-refractivity contribution < 1.29 is 13.2 Å². The Balaban J connectivity index is 1.43. The van der Waals surface area contributed by atoms with Crippen LogP contribution in [0.25, 0.3) is 0 Å². The van der Waals surface area contributed by atoms with E-state index in [9.17, 15) is 13.2 Å². The maximum Gasteiger partial charge on any atom is 0.243 e. The van der Waals surface area contributed by atoms with Gasteiger partial charge in [0.1, 0.15) is 0 Å². The van der Waals surface area contributed by atoms with E-state index in [-0.39, 0.29) is 22.9 Å². The maximum absolute atomic E-state index is 12.9. The predicted molar refractivity (Wildman–Crippen MR) is 117 cm³/mol. The Morgan fingerprint density at radius 1 is 1.07 bits per heavy atom. The first-order chi connectivity index (χ1) is 14.4. The number of nitrogens with one attached hydrogen (secondary N) is 1. The molecule has 162 valence electrons. The van der Waals surface area contributed by atoms with Crippen LogP contribution in [0, 0.1) is 0 Å². The van der Waals surface area contributed by atoms with Crippen molar-refractivity contribution in [3.8, 4) is 0 Å². The third-order valence-electron chi connectivity index (χ3n) is 6.32. The van der Waals surface area contributed by atoms with Crippen LogP contribution in [-0.2, 0) is 21.9 Å². The molecule has 2 fully saturated rings. The molecule has 0 spiro atoms. The second kappa shape index (κ2) is 8.53. The number of nitrogens with zero attached hydrogens (tertiary/aromatic N) is 3. The summed E-state index contributed by atoms with van der Waals surface area (Å²) in [5.74, 6) is -0.0775. The number of hydrogen-bond acceptors (Lipinski definition) is 4. The Bertz CT molecular complexity index is 994. The number of sulfonamides is 1. The lowest BCUT2D eigenvalue weighted by Crippen LogP contribution is -2.42. The van der Waals surface area contributed by atoms with Crippen molar-refractivity contribution in [2.75, 3.05) is 25.0 Å². The SMILES string of the molecule is CC(C(=O)Nc1ccc(S(=O)(=O)N2CCCC2)cc1)N1CCCC1c1cccn1C. The maximum atomic E-state index is 12.9. The summed E-state index contributed by atoms with van der Waals surface area (Å²) < 4.78 is 29.0. The van der Waals surface area contributed by atoms with Gasteiger partial charge in [-0.1, -0.05) is 0 Å². The smallest absolute Gasteiger partial charge is 0.243 e. The normalized spacial score (nSPS) is 21.7. The van der Waals surface area contributed by atoms with Gasteiger partial charge in [0.2, 0.25) is 15.9 Å². The summed E-state index contributed by atoms with van der Waals surface area (Å²) >= 11 is 0. The van der Waals surface area contributed by atoms with E-state index < -0.39 is 10.0 Å². The van der Waals surface area contributed by atoms with Crippen LogP contribution < -0.4 is 5.32 Å². The molecule has 2 aromatic rings. The minimum Gasteiger partial charge on any atom is -0.353 e. The molecule has 8 heteroatoms. The molecular formula is C22H30N4O3S. The Hall–Kier alpha value is -2.16. The van der Waals surface area contributed by atoms with Gasteiger partial charge >= 0.3 is 0 Å². The molecule has 3 heterocycles. The average Bonchev–Trinajstić information content (AvgIpc) is 3.49. The standard InChI is InChI=1S/C22H30N4O3S/c1-17(26-16-6-8-21(26)20-7-5-13-24(20)2)22(27)23-18-9-11-19(12-10-18)30(28,29)25-14-3-4-15-25/h5,7,9-13,17,21H,3-4,6,8,14-16H2,1-2H3,(H,23,27). The average molecular weight is 431 g/mol. The molecule has 0 radical (unpaired) electrons. The third kappa shape index (κ3) is 4.04. The number of rotatable bonds is 6. The van der Waals surface area contributed by atoms with Crippen LogP contribution in [0.4, 0.5) is 5.69 Å². The first kappa shape index (κ1) is 21.1. The van der Waals surface area contributed by atoms with Crippen molar-refractivity contribution in [1.82, 2.24) is 13.8 Å². The monoisotopic (exact) mass is 430 g/mol. The second-order valence-electron chi connectivity index (χ2n) is 8.24. The minimum atomic E-state index is -3.44. The molecule has 7 nitrogen and oxygen atoms in total. The van der Waals surface area contributed by atoms with Crippen LogP contribution in [0.5, 0.6) is 0 Å². The fourth-order valence-electron chi connectivity index (χ4n) is 4.58. The van der Waals surface area contributed by atoms with Gasteiger partial charge in [0.25, 0.3) is 0 Å². The van der Waals surface area contributed by atoms with Crippen LogP contribution in [-0.4, -0.2) is 53.8 Å². The summed E-state index contributed by atoms with van der Waals surface area (Å²) in [4.78, 5) is 15.4.